The fraction of sp³-hybridized carbons (Fsp3) is 0.444. The zero-order chi connectivity index (χ0) is 17.3. The molecule has 1 aliphatic carbocycles. The minimum Gasteiger partial charge on any atom is -0.351 e. The lowest BCUT2D eigenvalue weighted by atomic mass is 9.78. The number of nitrogens with zero attached hydrogens (tertiary/aromatic N) is 1. The lowest BCUT2D eigenvalue weighted by Crippen LogP contribution is -2.62. The van der Waals surface area contributed by atoms with E-state index in [0.29, 0.717) is 5.57 Å². The Hall–Kier alpha value is -2.02. The van der Waals surface area contributed by atoms with E-state index in [1.54, 1.807) is 6.08 Å². The van der Waals surface area contributed by atoms with Crippen LogP contribution in [0, 0.1) is 5.92 Å². The zero-order valence-electron chi connectivity index (χ0n) is 14.0. The molecule has 0 N–H and O–H groups in total. The first-order valence-electron chi connectivity index (χ1n) is 7.84. The molecule has 3 rings (SSSR count). The molecule has 1 aromatic rings. The standard InChI is InChI=1S/C18H21NO5/c1-22-18(23-2)13-9-14(20)11-16(18)19(24-3)17(21)15(10-13)12-7-5-4-6-8-12/h4-8,10,13,16H,9,11H2,1-3H3/t13-,16-/m1/s1. The number of carbonyl (C=O) groups excluding carboxylic acids is 2. The normalized spacial score (nSPS) is 26.1. The first-order chi connectivity index (χ1) is 11.6. The van der Waals surface area contributed by atoms with Gasteiger partial charge >= 0.3 is 0 Å². The summed E-state index contributed by atoms with van der Waals surface area (Å²) >= 11 is 0. The van der Waals surface area contributed by atoms with E-state index in [1.807, 2.05) is 30.3 Å². The molecule has 1 saturated carbocycles. The van der Waals surface area contributed by atoms with Gasteiger partial charge in [0.1, 0.15) is 11.8 Å². The number of rotatable bonds is 4. The van der Waals surface area contributed by atoms with Gasteiger partial charge in [-0.2, -0.15) is 0 Å². The van der Waals surface area contributed by atoms with Gasteiger partial charge in [0.2, 0.25) is 0 Å². The van der Waals surface area contributed by atoms with Crippen LogP contribution in [-0.2, 0) is 23.9 Å². The smallest absolute Gasteiger partial charge is 0.278 e. The summed E-state index contributed by atoms with van der Waals surface area (Å²) in [5.41, 5.74) is 1.25. The number of carbonyl (C=O) groups is 2. The summed E-state index contributed by atoms with van der Waals surface area (Å²) in [6, 6.07) is 8.68. The Morgan fingerprint density at radius 1 is 1.04 bits per heavy atom. The van der Waals surface area contributed by atoms with Crippen molar-refractivity contribution in [3.05, 3.63) is 42.0 Å². The number of methoxy groups -OCH3 is 2. The number of benzene rings is 1. The quantitative estimate of drug-likeness (QED) is 0.787. The molecule has 6 heteroatoms. The molecule has 2 aliphatic rings. The third-order valence-electron chi connectivity index (χ3n) is 4.85. The van der Waals surface area contributed by atoms with Crippen LogP contribution in [0.4, 0.5) is 0 Å². The van der Waals surface area contributed by atoms with Crippen molar-refractivity contribution in [2.75, 3.05) is 21.3 Å². The number of hydroxylamine groups is 2. The highest BCUT2D eigenvalue weighted by atomic mass is 16.7. The van der Waals surface area contributed by atoms with E-state index in [0.717, 1.165) is 5.56 Å². The number of fused-ring (bicyclic) bond motifs is 2. The second-order valence-electron chi connectivity index (χ2n) is 5.96. The molecule has 24 heavy (non-hydrogen) atoms. The molecule has 0 unspecified atom stereocenters. The summed E-state index contributed by atoms with van der Waals surface area (Å²) in [6.07, 6.45) is 2.18. The van der Waals surface area contributed by atoms with E-state index >= 15 is 0 Å². The van der Waals surface area contributed by atoms with Crippen molar-refractivity contribution in [1.29, 1.82) is 0 Å². The predicted octanol–water partition coefficient (Wildman–Crippen LogP) is 1.81. The summed E-state index contributed by atoms with van der Waals surface area (Å²) in [5, 5.41) is 1.21. The summed E-state index contributed by atoms with van der Waals surface area (Å²) in [5.74, 6) is -1.74. The maximum atomic E-state index is 13.1. The molecule has 1 fully saturated rings. The van der Waals surface area contributed by atoms with Crippen LogP contribution in [0.5, 0.6) is 0 Å². The third-order valence-corrected chi connectivity index (χ3v) is 4.85. The third kappa shape index (κ3) is 2.47. The Kier molecular flexibility index (Phi) is 4.54. The highest BCUT2D eigenvalue weighted by molar-refractivity contribution is 6.19. The van der Waals surface area contributed by atoms with Gasteiger partial charge in [0.15, 0.2) is 5.79 Å². The van der Waals surface area contributed by atoms with Gasteiger partial charge in [-0.1, -0.05) is 36.4 Å². The second-order valence-corrected chi connectivity index (χ2v) is 5.96. The Morgan fingerprint density at radius 2 is 1.71 bits per heavy atom. The molecule has 2 atom stereocenters. The van der Waals surface area contributed by atoms with Crippen LogP contribution in [0.15, 0.2) is 36.4 Å². The summed E-state index contributed by atoms with van der Waals surface area (Å²) in [7, 11) is 4.47. The number of hydrogen-bond donors (Lipinski definition) is 0. The fourth-order valence-electron chi connectivity index (χ4n) is 3.74. The van der Waals surface area contributed by atoms with Gasteiger partial charge < -0.3 is 9.47 Å². The summed E-state index contributed by atoms with van der Waals surface area (Å²) in [4.78, 5) is 30.6. The first-order valence-corrected chi connectivity index (χ1v) is 7.84. The van der Waals surface area contributed by atoms with Crippen molar-refractivity contribution in [1.82, 2.24) is 5.06 Å². The van der Waals surface area contributed by atoms with E-state index in [2.05, 4.69) is 0 Å². The van der Waals surface area contributed by atoms with E-state index in [-0.39, 0.29) is 30.4 Å². The van der Waals surface area contributed by atoms with Gasteiger partial charge in [-0.3, -0.25) is 14.4 Å². The molecular weight excluding hydrogens is 310 g/mol. The number of ether oxygens (including phenoxy) is 2. The Morgan fingerprint density at radius 3 is 2.29 bits per heavy atom. The number of hydrogen-bond acceptors (Lipinski definition) is 5. The topological polar surface area (TPSA) is 65.1 Å². The number of ketones is 1. The summed E-state index contributed by atoms with van der Waals surface area (Å²) in [6.45, 7) is 0. The number of amides is 1. The van der Waals surface area contributed by atoms with Crippen LogP contribution in [0.1, 0.15) is 18.4 Å². The van der Waals surface area contributed by atoms with Crippen molar-refractivity contribution in [2.45, 2.75) is 24.7 Å². The van der Waals surface area contributed by atoms with E-state index < -0.39 is 11.8 Å². The van der Waals surface area contributed by atoms with Gasteiger partial charge in [-0.15, -0.1) is 0 Å². The lowest BCUT2D eigenvalue weighted by Gasteiger charge is -2.46. The monoisotopic (exact) mass is 331 g/mol. The SMILES string of the molecule is CON1C(=O)C(c2ccccc2)=C[C@H]2CC(=O)C[C@@H]1C2(OC)OC. The molecule has 0 spiro atoms. The minimum atomic E-state index is -1.11. The van der Waals surface area contributed by atoms with Gasteiger partial charge in [0, 0.05) is 38.6 Å². The second kappa shape index (κ2) is 6.47. The molecule has 2 bridgehead atoms. The van der Waals surface area contributed by atoms with Crippen molar-refractivity contribution < 1.29 is 23.9 Å². The van der Waals surface area contributed by atoms with E-state index in [9.17, 15) is 9.59 Å². The largest absolute Gasteiger partial charge is 0.351 e. The lowest BCUT2D eigenvalue weighted by molar-refractivity contribution is -0.303. The summed E-state index contributed by atoms with van der Waals surface area (Å²) < 4.78 is 11.4. The maximum absolute atomic E-state index is 13.1. The molecule has 0 aromatic heterocycles. The molecular formula is C18H21NO5. The Labute approximate surface area is 140 Å². The maximum Gasteiger partial charge on any atom is 0.278 e. The van der Waals surface area contributed by atoms with Crippen LogP contribution in [0.3, 0.4) is 0 Å². The predicted molar refractivity (Wildman–Crippen MR) is 86.5 cm³/mol. The van der Waals surface area contributed by atoms with Crippen molar-refractivity contribution >= 4 is 17.3 Å². The highest BCUT2D eigenvalue weighted by Crippen LogP contribution is 2.44. The van der Waals surface area contributed by atoms with Crippen molar-refractivity contribution in [3.8, 4) is 0 Å². The molecule has 128 valence electrons. The fourth-order valence-corrected chi connectivity index (χ4v) is 3.74. The van der Waals surface area contributed by atoms with Gasteiger partial charge in [-0.05, 0) is 5.56 Å². The van der Waals surface area contributed by atoms with Gasteiger partial charge in [-0.25, -0.2) is 5.06 Å². The van der Waals surface area contributed by atoms with Crippen molar-refractivity contribution in [2.24, 2.45) is 5.92 Å². The van der Waals surface area contributed by atoms with E-state index in [1.165, 1.54) is 26.4 Å². The van der Waals surface area contributed by atoms with Gasteiger partial charge in [0.25, 0.3) is 5.91 Å². The molecule has 1 heterocycles. The van der Waals surface area contributed by atoms with E-state index in [4.69, 9.17) is 14.3 Å². The van der Waals surface area contributed by atoms with Crippen LogP contribution < -0.4 is 0 Å². The molecule has 1 aliphatic heterocycles. The van der Waals surface area contributed by atoms with Crippen LogP contribution in [0.2, 0.25) is 0 Å². The molecule has 6 nitrogen and oxygen atoms in total. The molecule has 1 aromatic carbocycles. The Bertz CT molecular complexity index is 665. The molecule has 0 saturated heterocycles. The minimum absolute atomic E-state index is 0.0511. The average molecular weight is 331 g/mol. The molecule has 0 radical (unpaired) electrons. The van der Waals surface area contributed by atoms with Crippen LogP contribution >= 0.6 is 0 Å². The first kappa shape index (κ1) is 16.8. The van der Waals surface area contributed by atoms with Crippen LogP contribution in [-0.4, -0.2) is 49.9 Å². The highest BCUT2D eigenvalue weighted by Gasteiger charge is 2.56. The van der Waals surface area contributed by atoms with Crippen LogP contribution in [0.25, 0.3) is 5.57 Å². The average Bonchev–Trinajstić information content (AvgIpc) is 2.65. The zero-order valence-corrected chi connectivity index (χ0v) is 14.0. The van der Waals surface area contributed by atoms with Crippen molar-refractivity contribution in [3.63, 3.8) is 0 Å². The Balaban J connectivity index is 2.19. The molecule has 1 amide bonds. The number of Topliss-reactive ketones (excluding diaryl/α,β-unsaturated/α-hetero) is 1. The van der Waals surface area contributed by atoms with Gasteiger partial charge in [0.05, 0.1) is 7.11 Å².